The molecule has 1 heterocycles. The Morgan fingerprint density at radius 2 is 1.74 bits per heavy atom. The summed E-state index contributed by atoms with van der Waals surface area (Å²) < 4.78 is 16.4. The second kappa shape index (κ2) is 12.0. The van der Waals surface area contributed by atoms with Gasteiger partial charge in [0.05, 0.1) is 31.3 Å². The van der Waals surface area contributed by atoms with Crippen molar-refractivity contribution < 1.29 is 48.4 Å². The van der Waals surface area contributed by atoms with Crippen LogP contribution in [0.15, 0.2) is 36.0 Å². The van der Waals surface area contributed by atoms with Crippen LogP contribution in [0.25, 0.3) is 0 Å². The summed E-state index contributed by atoms with van der Waals surface area (Å²) in [6.07, 6.45) is 6.10. The van der Waals surface area contributed by atoms with Gasteiger partial charge in [-0.1, -0.05) is 38.2 Å². The molecule has 3 aliphatic rings. The van der Waals surface area contributed by atoms with Crippen LogP contribution in [0, 0.1) is 22.7 Å². The van der Waals surface area contributed by atoms with Crippen LogP contribution in [0.2, 0.25) is 0 Å². The molecule has 0 spiro atoms. The highest BCUT2D eigenvalue weighted by Crippen LogP contribution is 2.62. The molecule has 3 rings (SSSR count). The van der Waals surface area contributed by atoms with Gasteiger partial charge in [0.2, 0.25) is 0 Å². The molecule has 0 aromatic carbocycles. The first-order valence-electron chi connectivity index (χ1n) is 12.9. The standard InChI is InChI=1S/C28H36O10/c1-17-4-7-20-27(2,19(17)6-5-18-13-15-36-26(18)35)14-12-21(38-25(34)11-9-23(31)32)28(20,3)16-37-24(33)10-8-22(29)30/h5-6,13,19-21H,1,4,7-12,14-16H2,2-3H3,(H,29,30)(H,31,32)/b6-5+/t19-,20+,21+,27-,28-/m0/s1. The molecular formula is C28H36O10. The van der Waals surface area contributed by atoms with Crippen molar-refractivity contribution in [2.45, 2.75) is 71.3 Å². The first kappa shape index (κ1) is 29.1. The summed E-state index contributed by atoms with van der Waals surface area (Å²) in [7, 11) is 0. The summed E-state index contributed by atoms with van der Waals surface area (Å²) in [4.78, 5) is 58.6. The number of carbonyl (C=O) groups is 5. The van der Waals surface area contributed by atoms with E-state index >= 15 is 0 Å². The third kappa shape index (κ3) is 6.52. The Kier molecular flexibility index (Phi) is 9.17. The van der Waals surface area contributed by atoms with Gasteiger partial charge in [-0.05, 0) is 43.1 Å². The highest BCUT2D eigenvalue weighted by Gasteiger charge is 2.59. The average Bonchev–Trinajstić information content (AvgIpc) is 3.26. The number of hydrogen-bond acceptors (Lipinski definition) is 8. The molecule has 0 saturated heterocycles. The van der Waals surface area contributed by atoms with Crippen molar-refractivity contribution in [2.24, 2.45) is 22.7 Å². The fraction of sp³-hybridized carbons (Fsp3) is 0.607. The van der Waals surface area contributed by atoms with Crippen molar-refractivity contribution in [3.05, 3.63) is 36.0 Å². The number of carboxylic acids is 2. The van der Waals surface area contributed by atoms with Crippen molar-refractivity contribution >= 4 is 29.8 Å². The minimum Gasteiger partial charge on any atom is -0.481 e. The van der Waals surface area contributed by atoms with Crippen LogP contribution >= 0.6 is 0 Å². The first-order valence-corrected chi connectivity index (χ1v) is 12.9. The number of carbonyl (C=O) groups excluding carboxylic acids is 3. The largest absolute Gasteiger partial charge is 0.481 e. The molecule has 208 valence electrons. The second-order valence-electron chi connectivity index (χ2n) is 10.8. The number of cyclic esters (lactones) is 1. The Balaban J connectivity index is 1.88. The van der Waals surface area contributed by atoms with Gasteiger partial charge in [0.1, 0.15) is 19.3 Å². The number of allylic oxidation sites excluding steroid dienone is 2. The van der Waals surface area contributed by atoms with Crippen LogP contribution in [-0.2, 0) is 38.2 Å². The summed E-state index contributed by atoms with van der Waals surface area (Å²) in [6, 6.07) is 0. The molecule has 1 aliphatic heterocycles. The SMILES string of the molecule is C=C1CC[C@H]2[C@](C)(COC(=O)CCC(=O)O)[C@H](OC(=O)CCC(=O)O)CC[C@@]2(C)[C@H]1/C=C/C1=CCOC1=O. The number of rotatable bonds is 11. The van der Waals surface area contributed by atoms with Crippen LogP contribution in [-0.4, -0.2) is 59.4 Å². The molecule has 2 fully saturated rings. The predicted molar refractivity (Wildman–Crippen MR) is 134 cm³/mol. The van der Waals surface area contributed by atoms with E-state index in [4.69, 9.17) is 24.4 Å². The minimum atomic E-state index is -1.11. The van der Waals surface area contributed by atoms with Crippen LogP contribution in [0.5, 0.6) is 0 Å². The predicted octanol–water partition coefficient (Wildman–Crippen LogP) is 3.60. The number of ether oxygens (including phenoxy) is 3. The first-order chi connectivity index (χ1) is 17.9. The molecule has 2 aliphatic carbocycles. The van der Waals surface area contributed by atoms with Crippen molar-refractivity contribution in [1.82, 2.24) is 0 Å². The lowest BCUT2D eigenvalue weighted by molar-refractivity contribution is -0.192. The van der Waals surface area contributed by atoms with E-state index in [0.29, 0.717) is 31.3 Å². The van der Waals surface area contributed by atoms with E-state index in [1.165, 1.54) is 0 Å². The fourth-order valence-electron chi connectivity index (χ4n) is 6.30. The lowest BCUT2D eigenvalue weighted by Crippen LogP contribution is -2.58. The lowest BCUT2D eigenvalue weighted by atomic mass is 9.46. The second-order valence-corrected chi connectivity index (χ2v) is 10.8. The molecule has 0 radical (unpaired) electrons. The molecule has 0 aromatic rings. The van der Waals surface area contributed by atoms with Crippen LogP contribution in [0.4, 0.5) is 0 Å². The maximum absolute atomic E-state index is 12.5. The smallest absolute Gasteiger partial charge is 0.338 e. The summed E-state index contributed by atoms with van der Waals surface area (Å²) in [5.41, 5.74) is 0.328. The van der Waals surface area contributed by atoms with Gasteiger partial charge in [0.15, 0.2) is 0 Å². The lowest BCUT2D eigenvalue weighted by Gasteiger charge is -2.59. The number of esters is 3. The Hall–Kier alpha value is -3.43. The highest BCUT2D eigenvalue weighted by atomic mass is 16.6. The number of aliphatic carboxylic acids is 2. The maximum Gasteiger partial charge on any atom is 0.338 e. The molecular weight excluding hydrogens is 496 g/mol. The van der Waals surface area contributed by atoms with Crippen molar-refractivity contribution in [3.8, 4) is 0 Å². The molecule has 2 saturated carbocycles. The maximum atomic E-state index is 12.5. The molecule has 0 bridgehead atoms. The van der Waals surface area contributed by atoms with Gasteiger partial charge in [-0.3, -0.25) is 19.2 Å². The zero-order valence-electron chi connectivity index (χ0n) is 21.9. The average molecular weight is 533 g/mol. The number of hydrogen-bond donors (Lipinski definition) is 2. The summed E-state index contributed by atoms with van der Waals surface area (Å²) in [6.45, 7) is 8.49. The van der Waals surface area contributed by atoms with Crippen molar-refractivity contribution in [2.75, 3.05) is 13.2 Å². The Labute approximate surface area is 221 Å². The van der Waals surface area contributed by atoms with E-state index < -0.39 is 35.4 Å². The molecule has 2 N–H and O–H groups in total. The van der Waals surface area contributed by atoms with Crippen LogP contribution in [0.1, 0.15) is 65.2 Å². The molecule has 10 heteroatoms. The summed E-state index contributed by atoms with van der Waals surface area (Å²) >= 11 is 0. The van der Waals surface area contributed by atoms with Gasteiger partial charge in [0.25, 0.3) is 0 Å². The van der Waals surface area contributed by atoms with E-state index in [0.717, 1.165) is 5.57 Å². The quantitative estimate of drug-likeness (QED) is 0.229. The minimum absolute atomic E-state index is 0.0804. The van der Waals surface area contributed by atoms with Gasteiger partial charge < -0.3 is 24.4 Å². The van der Waals surface area contributed by atoms with E-state index in [2.05, 4.69) is 13.5 Å². The Morgan fingerprint density at radius 3 is 2.34 bits per heavy atom. The zero-order valence-corrected chi connectivity index (χ0v) is 21.9. The zero-order chi connectivity index (χ0) is 28.1. The molecule has 10 nitrogen and oxygen atoms in total. The Bertz CT molecular complexity index is 1060. The third-order valence-electron chi connectivity index (χ3n) is 8.30. The number of carboxylic acid groups (broad SMARTS) is 2. The molecule has 0 unspecified atom stereocenters. The molecule has 38 heavy (non-hydrogen) atoms. The molecule has 5 atom stereocenters. The van der Waals surface area contributed by atoms with Gasteiger partial charge in [-0.15, -0.1) is 0 Å². The summed E-state index contributed by atoms with van der Waals surface area (Å²) in [5, 5.41) is 17.8. The topological polar surface area (TPSA) is 154 Å². The third-order valence-corrected chi connectivity index (χ3v) is 8.30. The van der Waals surface area contributed by atoms with E-state index in [9.17, 15) is 24.0 Å². The van der Waals surface area contributed by atoms with Crippen molar-refractivity contribution in [1.29, 1.82) is 0 Å². The van der Waals surface area contributed by atoms with Gasteiger partial charge >= 0.3 is 29.8 Å². The van der Waals surface area contributed by atoms with Crippen molar-refractivity contribution in [3.63, 3.8) is 0 Å². The fourth-order valence-corrected chi connectivity index (χ4v) is 6.30. The summed E-state index contributed by atoms with van der Waals surface area (Å²) in [5.74, 6) is -4.05. The molecule has 0 aromatic heterocycles. The normalized spacial score (nSPS) is 30.8. The van der Waals surface area contributed by atoms with E-state index in [1.54, 1.807) is 12.2 Å². The van der Waals surface area contributed by atoms with E-state index in [-0.39, 0.29) is 62.1 Å². The van der Waals surface area contributed by atoms with Gasteiger partial charge in [-0.25, -0.2) is 4.79 Å². The van der Waals surface area contributed by atoms with Gasteiger partial charge in [0, 0.05) is 11.3 Å². The van der Waals surface area contributed by atoms with E-state index in [1.807, 2.05) is 13.0 Å². The van der Waals surface area contributed by atoms with Crippen LogP contribution < -0.4 is 0 Å². The highest BCUT2D eigenvalue weighted by molar-refractivity contribution is 5.93. The Morgan fingerprint density at radius 1 is 1.08 bits per heavy atom. The van der Waals surface area contributed by atoms with Crippen LogP contribution in [0.3, 0.4) is 0 Å². The molecule has 0 amide bonds. The van der Waals surface area contributed by atoms with Gasteiger partial charge in [-0.2, -0.15) is 0 Å². The number of fused-ring (bicyclic) bond motifs is 1. The monoisotopic (exact) mass is 532 g/mol.